The fourth-order valence-corrected chi connectivity index (χ4v) is 2.47. The quantitative estimate of drug-likeness (QED) is 0.424. The average Bonchev–Trinajstić information content (AvgIpc) is 2.75. The lowest BCUT2D eigenvalue weighted by atomic mass is 10.1. The van der Waals surface area contributed by atoms with Gasteiger partial charge in [-0.15, -0.1) is 0 Å². The van der Waals surface area contributed by atoms with Gasteiger partial charge >= 0.3 is 0 Å². The highest BCUT2D eigenvalue weighted by atomic mass is 35.5. The first-order valence-corrected chi connectivity index (χ1v) is 6.55. The molecule has 2 heterocycles. The Balaban J connectivity index is 2.14. The van der Waals surface area contributed by atoms with Crippen LogP contribution in [0.2, 0.25) is 5.02 Å². The number of halogens is 1. The minimum atomic E-state index is 0.0785. The predicted octanol–water partition coefficient (Wildman–Crippen LogP) is 2.37. The molecule has 0 radical (unpaired) electrons. The maximum Gasteiger partial charge on any atom is 0.286 e. The molecule has 100 valence electrons. The summed E-state index contributed by atoms with van der Waals surface area (Å²) in [5.74, 6) is 0.0785. The van der Waals surface area contributed by atoms with Crippen molar-refractivity contribution in [2.45, 2.75) is 0 Å². The second-order valence-electron chi connectivity index (χ2n) is 4.68. The molecule has 20 heavy (non-hydrogen) atoms. The van der Waals surface area contributed by atoms with E-state index >= 15 is 0 Å². The Morgan fingerprint density at radius 2 is 1.85 bits per heavy atom. The van der Waals surface area contributed by atoms with E-state index < -0.39 is 0 Å². The Kier molecular flexibility index (Phi) is 2.95. The lowest BCUT2D eigenvalue weighted by Gasteiger charge is -2.00. The van der Waals surface area contributed by atoms with Crippen molar-refractivity contribution < 1.29 is 4.40 Å². The highest BCUT2D eigenvalue weighted by molar-refractivity contribution is 6.30. The van der Waals surface area contributed by atoms with Gasteiger partial charge in [0.2, 0.25) is 0 Å². The molecule has 0 amide bonds. The summed E-state index contributed by atoms with van der Waals surface area (Å²) in [6.07, 6.45) is 3.91. The van der Waals surface area contributed by atoms with Crippen molar-refractivity contribution >= 4 is 23.1 Å². The van der Waals surface area contributed by atoms with E-state index in [4.69, 9.17) is 22.7 Å². The standard InChI is InChI=1S/C15H14ClN4/c1-19-13(9-20-8-12(16)6-7-14(19)20)10-2-4-11(5-3-10)15(17)18/h2-9H,1H3,(H3,17,18)/q+1. The Labute approximate surface area is 121 Å². The molecule has 0 spiro atoms. The number of nitrogens with one attached hydrogen (secondary N) is 1. The Hall–Kier alpha value is -2.33. The first-order valence-electron chi connectivity index (χ1n) is 6.17. The maximum absolute atomic E-state index is 7.42. The van der Waals surface area contributed by atoms with E-state index in [1.165, 1.54) is 0 Å². The van der Waals surface area contributed by atoms with Crippen molar-refractivity contribution in [2.24, 2.45) is 12.8 Å². The predicted molar refractivity (Wildman–Crippen MR) is 80.0 cm³/mol. The first-order chi connectivity index (χ1) is 9.56. The van der Waals surface area contributed by atoms with Crippen LogP contribution in [0.4, 0.5) is 0 Å². The van der Waals surface area contributed by atoms with E-state index in [0.717, 1.165) is 22.5 Å². The van der Waals surface area contributed by atoms with Gasteiger partial charge in [0, 0.05) is 17.2 Å². The van der Waals surface area contributed by atoms with Gasteiger partial charge in [-0.2, -0.15) is 0 Å². The number of nitrogens with zero attached hydrogens (tertiary/aromatic N) is 2. The molecular formula is C15H14ClN4+. The zero-order valence-corrected chi connectivity index (χ0v) is 11.7. The third-order valence-electron chi connectivity index (χ3n) is 3.38. The summed E-state index contributed by atoms with van der Waals surface area (Å²) in [5, 5.41) is 8.12. The van der Waals surface area contributed by atoms with Crippen molar-refractivity contribution in [3.8, 4) is 11.3 Å². The van der Waals surface area contributed by atoms with Gasteiger partial charge in [0.25, 0.3) is 5.65 Å². The number of aromatic nitrogens is 2. The average molecular weight is 286 g/mol. The minimum Gasteiger partial charge on any atom is -0.384 e. The number of pyridine rings is 1. The smallest absolute Gasteiger partial charge is 0.286 e. The molecule has 0 bridgehead atoms. The highest BCUT2D eigenvalue weighted by Crippen LogP contribution is 2.20. The van der Waals surface area contributed by atoms with Crippen LogP contribution in [0.5, 0.6) is 0 Å². The summed E-state index contributed by atoms with van der Waals surface area (Å²) >= 11 is 6.01. The van der Waals surface area contributed by atoms with Crippen LogP contribution in [-0.2, 0) is 7.05 Å². The van der Waals surface area contributed by atoms with Gasteiger partial charge in [0.05, 0.1) is 12.1 Å². The summed E-state index contributed by atoms with van der Waals surface area (Å²) < 4.78 is 4.09. The van der Waals surface area contributed by atoms with Crippen LogP contribution in [0, 0.1) is 5.41 Å². The number of nitrogens with two attached hydrogens (primary N) is 1. The van der Waals surface area contributed by atoms with Crippen LogP contribution in [-0.4, -0.2) is 10.4 Å². The lowest BCUT2D eigenvalue weighted by Crippen LogP contribution is -2.17. The summed E-state index contributed by atoms with van der Waals surface area (Å²) in [7, 11) is 2.01. The molecule has 2 aromatic heterocycles. The van der Waals surface area contributed by atoms with Gasteiger partial charge in [-0.1, -0.05) is 23.7 Å². The second kappa shape index (κ2) is 4.65. The van der Waals surface area contributed by atoms with Crippen molar-refractivity contribution in [3.63, 3.8) is 0 Å². The fraction of sp³-hybridized carbons (Fsp3) is 0.0667. The van der Waals surface area contributed by atoms with Gasteiger partial charge in [-0.05, 0) is 18.2 Å². The summed E-state index contributed by atoms with van der Waals surface area (Å²) in [5.41, 5.74) is 9.39. The third-order valence-corrected chi connectivity index (χ3v) is 3.60. The van der Waals surface area contributed by atoms with E-state index in [0.29, 0.717) is 5.02 Å². The molecule has 3 aromatic rings. The molecule has 1 aromatic carbocycles. The monoisotopic (exact) mass is 285 g/mol. The summed E-state index contributed by atoms with van der Waals surface area (Å²) in [6, 6.07) is 11.5. The number of imidazole rings is 1. The first kappa shape index (κ1) is 12.7. The van der Waals surface area contributed by atoms with E-state index in [9.17, 15) is 0 Å². The number of rotatable bonds is 2. The number of hydrogen-bond donors (Lipinski definition) is 2. The molecule has 0 aliphatic rings. The molecule has 3 rings (SSSR count). The highest BCUT2D eigenvalue weighted by Gasteiger charge is 2.16. The zero-order valence-electron chi connectivity index (χ0n) is 11.0. The largest absolute Gasteiger partial charge is 0.384 e. The lowest BCUT2D eigenvalue weighted by molar-refractivity contribution is -0.510. The van der Waals surface area contributed by atoms with Gasteiger partial charge in [0.15, 0.2) is 5.69 Å². The van der Waals surface area contributed by atoms with Crippen LogP contribution in [0.3, 0.4) is 0 Å². The summed E-state index contributed by atoms with van der Waals surface area (Å²) in [4.78, 5) is 0. The Morgan fingerprint density at radius 3 is 2.50 bits per heavy atom. The Morgan fingerprint density at radius 1 is 1.15 bits per heavy atom. The molecule has 0 saturated heterocycles. The number of fused-ring (bicyclic) bond motifs is 1. The van der Waals surface area contributed by atoms with Crippen LogP contribution < -0.4 is 10.1 Å². The van der Waals surface area contributed by atoms with E-state index in [2.05, 4.69) is 4.57 Å². The van der Waals surface area contributed by atoms with Gasteiger partial charge in [-0.3, -0.25) is 5.41 Å². The topological polar surface area (TPSA) is 58.9 Å². The number of hydrogen-bond acceptors (Lipinski definition) is 1. The molecule has 0 aliphatic heterocycles. The van der Waals surface area contributed by atoms with Crippen molar-refractivity contribution in [1.29, 1.82) is 5.41 Å². The SMILES string of the molecule is Cn1c(-c2ccc(C(=N)N)cc2)c[n+]2cc(Cl)ccc12. The second-order valence-corrected chi connectivity index (χ2v) is 5.11. The molecule has 3 N–H and O–H groups in total. The molecule has 0 unspecified atom stereocenters. The van der Waals surface area contributed by atoms with Crippen molar-refractivity contribution in [3.05, 3.63) is 59.4 Å². The van der Waals surface area contributed by atoms with Crippen molar-refractivity contribution in [1.82, 2.24) is 4.57 Å². The molecule has 0 fully saturated rings. The molecule has 0 saturated carbocycles. The molecule has 0 aliphatic carbocycles. The minimum absolute atomic E-state index is 0.0785. The van der Waals surface area contributed by atoms with Crippen LogP contribution in [0.15, 0.2) is 48.8 Å². The van der Waals surface area contributed by atoms with Crippen LogP contribution in [0.1, 0.15) is 5.56 Å². The van der Waals surface area contributed by atoms with E-state index in [-0.39, 0.29) is 5.84 Å². The fourth-order valence-electron chi connectivity index (χ4n) is 2.30. The number of benzene rings is 1. The van der Waals surface area contributed by atoms with E-state index in [1.54, 1.807) is 0 Å². The zero-order chi connectivity index (χ0) is 14.3. The maximum atomic E-state index is 7.42. The summed E-state index contributed by atoms with van der Waals surface area (Å²) in [6.45, 7) is 0. The van der Waals surface area contributed by atoms with Crippen molar-refractivity contribution in [2.75, 3.05) is 0 Å². The van der Waals surface area contributed by atoms with Gasteiger partial charge < -0.3 is 5.73 Å². The van der Waals surface area contributed by atoms with E-state index in [1.807, 2.05) is 60.2 Å². The molecular weight excluding hydrogens is 272 g/mol. The van der Waals surface area contributed by atoms with Gasteiger partial charge in [0.1, 0.15) is 18.2 Å². The number of aryl methyl sites for hydroxylation is 1. The molecule has 4 nitrogen and oxygen atoms in total. The molecule has 0 atom stereocenters. The van der Waals surface area contributed by atoms with Crippen LogP contribution >= 0.6 is 11.6 Å². The third kappa shape index (κ3) is 2.04. The Bertz CT molecular complexity index is 803. The van der Waals surface area contributed by atoms with Crippen LogP contribution in [0.25, 0.3) is 16.9 Å². The van der Waals surface area contributed by atoms with Gasteiger partial charge in [-0.25, -0.2) is 8.97 Å². The molecule has 5 heteroatoms. The number of nitrogen functional groups attached to an aromatic ring is 1. The normalized spacial score (nSPS) is 10.9. The number of amidine groups is 1.